The van der Waals surface area contributed by atoms with Gasteiger partial charge in [-0.2, -0.15) is 0 Å². The molecule has 2 aromatic heterocycles. The number of benzene rings is 1. The van der Waals surface area contributed by atoms with E-state index in [2.05, 4.69) is 10.4 Å². The van der Waals surface area contributed by atoms with Crippen LogP contribution in [0.3, 0.4) is 0 Å². The number of aliphatic hydroxyl groups excluding tert-OH is 1. The Kier molecular flexibility index (Phi) is 5.05. The molecule has 11 nitrogen and oxygen atoms in total. The third-order valence-corrected chi connectivity index (χ3v) is 3.86. The Hall–Kier alpha value is -3.44. The number of nitro benzene ring substituents is 2. The van der Waals surface area contributed by atoms with Crippen molar-refractivity contribution in [1.29, 1.82) is 0 Å². The Morgan fingerprint density at radius 3 is 2.63 bits per heavy atom. The zero-order valence-electron chi connectivity index (χ0n) is 13.5. The minimum Gasteiger partial charge on any atom is -0.473 e. The van der Waals surface area contributed by atoms with Crippen LogP contribution in [-0.2, 0) is 0 Å². The summed E-state index contributed by atoms with van der Waals surface area (Å²) in [6.07, 6.45) is 1.64. The SMILES string of the molecule is O=[N+]([O-])c1cc([N+](=O)[O-])c(Nc2c(OCCO)nn3ccccc23)cc1Cl. The molecule has 2 heterocycles. The molecule has 0 spiro atoms. The minimum absolute atomic E-state index is 0.0400. The molecule has 0 amide bonds. The molecule has 0 aliphatic rings. The number of fused-ring (bicyclic) bond motifs is 1. The number of aromatic nitrogens is 2. The Morgan fingerprint density at radius 2 is 1.96 bits per heavy atom. The molecule has 0 fully saturated rings. The quantitative estimate of drug-likeness (QED) is 0.460. The van der Waals surface area contributed by atoms with E-state index >= 15 is 0 Å². The number of nitrogens with zero attached hydrogens (tertiary/aromatic N) is 4. The second-order valence-corrected chi connectivity index (χ2v) is 5.65. The molecule has 0 bridgehead atoms. The van der Waals surface area contributed by atoms with Gasteiger partial charge in [0.2, 0.25) is 0 Å². The molecule has 140 valence electrons. The lowest BCUT2D eigenvalue weighted by Crippen LogP contribution is -2.04. The van der Waals surface area contributed by atoms with E-state index in [-0.39, 0.29) is 35.5 Å². The molecule has 0 radical (unpaired) electrons. The highest BCUT2D eigenvalue weighted by Crippen LogP contribution is 2.39. The van der Waals surface area contributed by atoms with Crippen LogP contribution in [0.1, 0.15) is 0 Å². The first-order valence-corrected chi connectivity index (χ1v) is 7.90. The Labute approximate surface area is 156 Å². The standard InChI is InChI=1S/C15H12ClN5O6/c16-9-7-10(13(21(25)26)8-12(9)20(23)24)17-14-11-3-1-2-4-19(11)18-15(14)27-6-5-22/h1-4,7-8,17,22H,5-6H2. The average molecular weight is 394 g/mol. The maximum absolute atomic E-state index is 11.4. The van der Waals surface area contributed by atoms with Gasteiger partial charge in [0, 0.05) is 6.20 Å². The number of hydrogen-bond acceptors (Lipinski definition) is 8. The number of aliphatic hydroxyl groups is 1. The van der Waals surface area contributed by atoms with E-state index in [0.717, 1.165) is 12.1 Å². The van der Waals surface area contributed by atoms with Gasteiger partial charge in [-0.05, 0) is 18.2 Å². The van der Waals surface area contributed by atoms with Crippen LogP contribution in [0.25, 0.3) is 5.52 Å². The fraction of sp³-hybridized carbons (Fsp3) is 0.133. The van der Waals surface area contributed by atoms with Gasteiger partial charge in [0.25, 0.3) is 17.3 Å². The van der Waals surface area contributed by atoms with Crippen LogP contribution in [-0.4, -0.2) is 37.8 Å². The third kappa shape index (κ3) is 3.59. The summed E-state index contributed by atoms with van der Waals surface area (Å²) in [5.74, 6) is 0.0963. The second-order valence-electron chi connectivity index (χ2n) is 5.24. The lowest BCUT2D eigenvalue weighted by molar-refractivity contribution is -0.393. The van der Waals surface area contributed by atoms with Crippen LogP contribution in [0.4, 0.5) is 22.7 Å². The van der Waals surface area contributed by atoms with Gasteiger partial charge in [-0.15, -0.1) is 5.10 Å². The number of pyridine rings is 1. The largest absolute Gasteiger partial charge is 0.473 e. The lowest BCUT2D eigenvalue weighted by atomic mass is 10.2. The van der Waals surface area contributed by atoms with Crippen molar-refractivity contribution in [3.63, 3.8) is 0 Å². The van der Waals surface area contributed by atoms with Crippen LogP contribution in [0.5, 0.6) is 5.88 Å². The zero-order valence-corrected chi connectivity index (χ0v) is 14.3. The highest BCUT2D eigenvalue weighted by molar-refractivity contribution is 6.33. The van der Waals surface area contributed by atoms with Gasteiger partial charge in [0.05, 0.1) is 28.0 Å². The van der Waals surface area contributed by atoms with Crippen LogP contribution >= 0.6 is 11.6 Å². The van der Waals surface area contributed by atoms with Crippen LogP contribution in [0.2, 0.25) is 5.02 Å². The summed E-state index contributed by atoms with van der Waals surface area (Å²) in [6, 6.07) is 7.03. The maximum Gasteiger partial charge on any atom is 0.299 e. The molecule has 27 heavy (non-hydrogen) atoms. The van der Waals surface area contributed by atoms with E-state index in [1.165, 1.54) is 4.52 Å². The van der Waals surface area contributed by atoms with E-state index in [0.29, 0.717) is 5.52 Å². The average Bonchev–Trinajstić information content (AvgIpc) is 2.97. The summed E-state index contributed by atoms with van der Waals surface area (Å²) in [5, 5.41) is 38.1. The van der Waals surface area contributed by atoms with Crippen LogP contribution in [0, 0.1) is 20.2 Å². The van der Waals surface area contributed by atoms with Crippen LogP contribution < -0.4 is 10.1 Å². The van der Waals surface area contributed by atoms with Crippen molar-refractivity contribution < 1.29 is 19.7 Å². The number of ether oxygens (including phenoxy) is 1. The molecule has 0 aliphatic heterocycles. The monoisotopic (exact) mass is 393 g/mol. The smallest absolute Gasteiger partial charge is 0.299 e. The predicted molar refractivity (Wildman–Crippen MR) is 95.8 cm³/mol. The predicted octanol–water partition coefficient (Wildman–Crippen LogP) is 2.92. The van der Waals surface area contributed by atoms with Crippen molar-refractivity contribution in [2.45, 2.75) is 0 Å². The van der Waals surface area contributed by atoms with Crippen molar-refractivity contribution in [2.24, 2.45) is 0 Å². The van der Waals surface area contributed by atoms with Gasteiger partial charge in [-0.1, -0.05) is 17.7 Å². The summed E-state index contributed by atoms with van der Waals surface area (Å²) in [5.41, 5.74) is -0.352. The number of rotatable bonds is 7. The van der Waals surface area contributed by atoms with Crippen LogP contribution in [0.15, 0.2) is 36.5 Å². The number of anilines is 2. The number of nitro groups is 2. The fourth-order valence-electron chi connectivity index (χ4n) is 2.41. The molecule has 12 heteroatoms. The second kappa shape index (κ2) is 7.43. The summed E-state index contributed by atoms with van der Waals surface area (Å²) in [6.45, 7) is -0.293. The summed E-state index contributed by atoms with van der Waals surface area (Å²) >= 11 is 5.89. The normalized spacial score (nSPS) is 10.7. The van der Waals surface area contributed by atoms with Gasteiger partial charge >= 0.3 is 0 Å². The van der Waals surface area contributed by atoms with Gasteiger partial charge in [-0.25, -0.2) is 4.52 Å². The molecular formula is C15H12ClN5O6. The maximum atomic E-state index is 11.4. The fourth-order valence-corrected chi connectivity index (χ4v) is 2.65. The molecule has 0 saturated heterocycles. The minimum atomic E-state index is -0.801. The highest BCUT2D eigenvalue weighted by atomic mass is 35.5. The molecule has 0 aliphatic carbocycles. The molecule has 1 aromatic carbocycles. The lowest BCUT2D eigenvalue weighted by Gasteiger charge is -2.09. The zero-order chi connectivity index (χ0) is 19.6. The van der Waals surface area contributed by atoms with Crippen molar-refractivity contribution in [3.8, 4) is 5.88 Å². The molecule has 3 aromatic rings. The third-order valence-electron chi connectivity index (χ3n) is 3.56. The van der Waals surface area contributed by atoms with E-state index < -0.39 is 21.2 Å². The van der Waals surface area contributed by atoms with Crippen molar-refractivity contribution in [2.75, 3.05) is 18.5 Å². The van der Waals surface area contributed by atoms with Gasteiger partial charge in [0.15, 0.2) is 0 Å². The molecule has 3 rings (SSSR count). The highest BCUT2D eigenvalue weighted by Gasteiger charge is 2.25. The van der Waals surface area contributed by atoms with E-state index in [1.54, 1.807) is 24.4 Å². The number of nitrogens with one attached hydrogen (secondary N) is 1. The van der Waals surface area contributed by atoms with Gasteiger partial charge in [0.1, 0.15) is 23.0 Å². The molecule has 0 saturated carbocycles. The summed E-state index contributed by atoms with van der Waals surface area (Å²) in [7, 11) is 0. The molecular weight excluding hydrogens is 382 g/mol. The Morgan fingerprint density at radius 1 is 1.22 bits per heavy atom. The van der Waals surface area contributed by atoms with E-state index in [1.807, 2.05) is 0 Å². The first kappa shape index (κ1) is 18.4. The first-order chi connectivity index (χ1) is 12.9. The van der Waals surface area contributed by atoms with Crippen molar-refractivity contribution in [1.82, 2.24) is 9.61 Å². The van der Waals surface area contributed by atoms with E-state index in [4.69, 9.17) is 21.4 Å². The first-order valence-electron chi connectivity index (χ1n) is 7.52. The number of hydrogen-bond donors (Lipinski definition) is 2. The molecule has 0 atom stereocenters. The number of halogens is 1. The van der Waals surface area contributed by atoms with Gasteiger partial charge < -0.3 is 15.2 Å². The Balaban J connectivity index is 2.13. The molecule has 2 N–H and O–H groups in total. The molecule has 0 unspecified atom stereocenters. The van der Waals surface area contributed by atoms with Gasteiger partial charge in [-0.3, -0.25) is 20.2 Å². The van der Waals surface area contributed by atoms with Crippen molar-refractivity contribution in [3.05, 3.63) is 61.8 Å². The topological polar surface area (TPSA) is 145 Å². The summed E-state index contributed by atoms with van der Waals surface area (Å²) in [4.78, 5) is 20.8. The van der Waals surface area contributed by atoms with Crippen molar-refractivity contribution >= 4 is 39.9 Å². The van der Waals surface area contributed by atoms with E-state index in [9.17, 15) is 20.2 Å². The summed E-state index contributed by atoms with van der Waals surface area (Å²) < 4.78 is 6.86. The Bertz CT molecular complexity index is 1040.